The van der Waals surface area contributed by atoms with Crippen molar-refractivity contribution in [3.8, 4) is 0 Å². The van der Waals surface area contributed by atoms with Crippen LogP contribution in [0.2, 0.25) is 0 Å². The molecule has 0 unspecified atom stereocenters. The molecule has 26 heavy (non-hydrogen) atoms. The Morgan fingerprint density at radius 2 is 2.12 bits per heavy atom. The molecule has 0 aromatic rings. The Labute approximate surface area is 154 Å². The first-order chi connectivity index (χ1) is 12.5. The number of guanidine groups is 1. The van der Waals surface area contributed by atoms with Crippen LogP contribution in [0.1, 0.15) is 38.5 Å². The molecule has 0 radical (unpaired) electrons. The Balaban J connectivity index is 1.72. The van der Waals surface area contributed by atoms with Crippen molar-refractivity contribution in [2.24, 2.45) is 39.3 Å². The molecule has 2 fully saturated rings. The molecule has 1 heterocycles. The summed E-state index contributed by atoms with van der Waals surface area (Å²) in [6, 6.07) is 0. The van der Waals surface area contributed by atoms with Gasteiger partial charge < -0.3 is 15.7 Å². The average molecular weight is 353 g/mol. The van der Waals surface area contributed by atoms with Crippen molar-refractivity contribution in [2.45, 2.75) is 38.5 Å². The van der Waals surface area contributed by atoms with Gasteiger partial charge in [-0.3, -0.25) is 4.99 Å². The molecular weight excluding hydrogens is 326 g/mol. The lowest BCUT2D eigenvalue weighted by Crippen LogP contribution is -2.59. The van der Waals surface area contributed by atoms with Gasteiger partial charge in [-0.05, 0) is 56.3 Å². The van der Waals surface area contributed by atoms with Crippen LogP contribution in [-0.2, 0) is 4.79 Å². The summed E-state index contributed by atoms with van der Waals surface area (Å²) < 4.78 is 0. The number of carboxylic acids is 1. The van der Waals surface area contributed by atoms with Crippen molar-refractivity contribution in [1.29, 1.82) is 0 Å². The van der Waals surface area contributed by atoms with Crippen LogP contribution in [0.4, 0.5) is 0 Å². The van der Waals surface area contributed by atoms with E-state index in [1.165, 1.54) is 18.4 Å². The van der Waals surface area contributed by atoms with E-state index in [-0.39, 0.29) is 10.8 Å². The summed E-state index contributed by atoms with van der Waals surface area (Å²) in [5, 5.41) is 9.92. The summed E-state index contributed by atoms with van der Waals surface area (Å²) in [4.78, 5) is 18.4. The number of carbonyl (C=O) groups is 1. The van der Waals surface area contributed by atoms with Crippen molar-refractivity contribution >= 4 is 11.9 Å². The molecule has 5 atom stereocenters. The molecule has 4 aliphatic carbocycles. The molecule has 5 heteroatoms. The standard InChI is InChI=1S/C21H27N3O2/c1-23-19(22)24-9-3-8-20(12-24)14-7-6-13-4-2-5-15-10-16(18(25)26)17(11-14)21(13,15)20/h2-3,5,9,13-15H,4,6-8,10-12H2,1H3,(H2,22,23)(H,25,26)/t13-,14-,15+,20-,21-/m1/s1. The number of rotatable bonds is 1. The van der Waals surface area contributed by atoms with E-state index < -0.39 is 5.97 Å². The zero-order valence-electron chi connectivity index (χ0n) is 15.3. The number of nitrogens with zero attached hydrogens (tertiary/aromatic N) is 2. The minimum atomic E-state index is -0.698. The van der Waals surface area contributed by atoms with Crippen LogP contribution in [0.15, 0.2) is 40.6 Å². The van der Waals surface area contributed by atoms with Gasteiger partial charge in [0.2, 0.25) is 0 Å². The van der Waals surface area contributed by atoms with Crippen molar-refractivity contribution < 1.29 is 9.90 Å². The SMILES string of the molecule is CN=C(N)N1C=CC[C@@]2(C1)[C@@H]1CC[C@H]3CC=C[C@H]4CC(C(=O)O)=C(C1)[C@@]342. The first-order valence-electron chi connectivity index (χ1n) is 9.82. The van der Waals surface area contributed by atoms with Crippen LogP contribution >= 0.6 is 0 Å². The topological polar surface area (TPSA) is 78.9 Å². The van der Waals surface area contributed by atoms with Gasteiger partial charge in [0, 0.05) is 36.2 Å². The van der Waals surface area contributed by atoms with Gasteiger partial charge in [-0.2, -0.15) is 0 Å². The molecule has 0 aromatic heterocycles. The molecular formula is C21H27N3O2. The second-order valence-corrected chi connectivity index (χ2v) is 8.74. The van der Waals surface area contributed by atoms with E-state index in [4.69, 9.17) is 5.73 Å². The summed E-state index contributed by atoms with van der Waals surface area (Å²) in [5.41, 5.74) is 8.28. The fourth-order valence-electron chi connectivity index (χ4n) is 7.52. The number of aliphatic imine (C=N–C) groups is 1. The van der Waals surface area contributed by atoms with Gasteiger partial charge >= 0.3 is 5.97 Å². The zero-order chi connectivity index (χ0) is 18.1. The Morgan fingerprint density at radius 1 is 1.31 bits per heavy atom. The predicted molar refractivity (Wildman–Crippen MR) is 100 cm³/mol. The molecule has 3 N–H and O–H groups in total. The largest absolute Gasteiger partial charge is 0.478 e. The van der Waals surface area contributed by atoms with Crippen LogP contribution in [-0.4, -0.2) is 35.5 Å². The van der Waals surface area contributed by atoms with Crippen LogP contribution in [0.3, 0.4) is 0 Å². The van der Waals surface area contributed by atoms with Gasteiger partial charge in [-0.25, -0.2) is 4.79 Å². The first-order valence-corrected chi connectivity index (χ1v) is 9.82. The van der Waals surface area contributed by atoms with E-state index in [0.29, 0.717) is 35.7 Å². The van der Waals surface area contributed by atoms with Gasteiger partial charge in [0.05, 0.1) is 0 Å². The first kappa shape index (κ1) is 16.2. The third-order valence-electron chi connectivity index (χ3n) is 8.23. The highest BCUT2D eigenvalue weighted by Gasteiger charge is 2.72. The smallest absolute Gasteiger partial charge is 0.331 e. The van der Waals surface area contributed by atoms with Crippen LogP contribution in [0.25, 0.3) is 0 Å². The maximum absolute atomic E-state index is 12.1. The van der Waals surface area contributed by atoms with Gasteiger partial charge in [0.25, 0.3) is 0 Å². The Kier molecular flexibility index (Phi) is 3.26. The maximum Gasteiger partial charge on any atom is 0.331 e. The molecule has 1 aliphatic heterocycles. The molecule has 0 saturated heterocycles. The minimum Gasteiger partial charge on any atom is -0.478 e. The van der Waals surface area contributed by atoms with Crippen LogP contribution in [0, 0.1) is 28.6 Å². The number of nitrogens with two attached hydrogens (primary N) is 1. The highest BCUT2D eigenvalue weighted by atomic mass is 16.4. The molecule has 5 nitrogen and oxygen atoms in total. The molecule has 5 aliphatic rings. The molecule has 0 amide bonds. The third kappa shape index (κ3) is 1.67. The second-order valence-electron chi connectivity index (χ2n) is 8.74. The maximum atomic E-state index is 12.1. The lowest BCUT2D eigenvalue weighted by atomic mass is 9.45. The molecule has 5 rings (SSSR count). The van der Waals surface area contributed by atoms with E-state index in [2.05, 4.69) is 34.3 Å². The van der Waals surface area contributed by atoms with Crippen molar-refractivity contribution in [3.63, 3.8) is 0 Å². The fraction of sp³-hybridized carbons (Fsp3) is 0.619. The van der Waals surface area contributed by atoms with E-state index in [1.54, 1.807) is 7.05 Å². The second kappa shape index (κ2) is 5.24. The summed E-state index contributed by atoms with van der Waals surface area (Å²) in [7, 11) is 1.74. The van der Waals surface area contributed by atoms with Crippen LogP contribution < -0.4 is 5.73 Å². The van der Waals surface area contributed by atoms with Crippen molar-refractivity contribution in [1.82, 2.24) is 4.90 Å². The van der Waals surface area contributed by atoms with E-state index in [0.717, 1.165) is 25.8 Å². The summed E-state index contributed by atoms with van der Waals surface area (Å²) in [6.07, 6.45) is 15.2. The van der Waals surface area contributed by atoms with E-state index >= 15 is 0 Å². The number of aliphatic carboxylic acids is 1. The van der Waals surface area contributed by atoms with Crippen LogP contribution in [0.5, 0.6) is 0 Å². The summed E-state index contributed by atoms with van der Waals surface area (Å²) >= 11 is 0. The highest BCUT2D eigenvalue weighted by molar-refractivity contribution is 5.89. The van der Waals surface area contributed by atoms with E-state index in [9.17, 15) is 9.90 Å². The monoisotopic (exact) mass is 353 g/mol. The molecule has 2 saturated carbocycles. The molecule has 2 spiro atoms. The number of carboxylic acid groups (broad SMARTS) is 1. The Bertz CT molecular complexity index is 795. The zero-order valence-corrected chi connectivity index (χ0v) is 15.3. The number of allylic oxidation sites excluding steroid dienone is 4. The summed E-state index contributed by atoms with van der Waals surface area (Å²) in [6.45, 7) is 0.870. The minimum absolute atomic E-state index is 0.00935. The predicted octanol–water partition coefficient (Wildman–Crippen LogP) is 2.91. The van der Waals surface area contributed by atoms with E-state index in [1.807, 2.05) is 0 Å². The lowest BCUT2D eigenvalue weighted by Gasteiger charge is -2.61. The Hall–Kier alpha value is -2.04. The van der Waals surface area contributed by atoms with Gasteiger partial charge in [-0.1, -0.05) is 23.8 Å². The number of hydrogen-bond donors (Lipinski definition) is 2. The molecule has 2 bridgehead atoms. The van der Waals surface area contributed by atoms with Gasteiger partial charge in [0.15, 0.2) is 5.96 Å². The van der Waals surface area contributed by atoms with Crippen molar-refractivity contribution in [2.75, 3.05) is 13.6 Å². The summed E-state index contributed by atoms with van der Waals surface area (Å²) in [5.74, 6) is 1.31. The van der Waals surface area contributed by atoms with Gasteiger partial charge in [-0.15, -0.1) is 0 Å². The Morgan fingerprint density at radius 3 is 2.88 bits per heavy atom. The average Bonchev–Trinajstić information content (AvgIpc) is 3.02. The lowest BCUT2D eigenvalue weighted by molar-refractivity contribution is -0.132. The molecule has 138 valence electrons. The quantitative estimate of drug-likeness (QED) is 0.432. The third-order valence-corrected chi connectivity index (χ3v) is 8.23. The number of hydrogen-bond acceptors (Lipinski definition) is 2. The van der Waals surface area contributed by atoms with Gasteiger partial charge in [0.1, 0.15) is 0 Å². The normalized spacial score (nSPS) is 43.3. The fourth-order valence-corrected chi connectivity index (χ4v) is 7.52. The van der Waals surface area contributed by atoms with Crippen molar-refractivity contribution in [3.05, 3.63) is 35.6 Å². The highest BCUT2D eigenvalue weighted by Crippen LogP contribution is 2.77. The molecule has 0 aromatic carbocycles.